The van der Waals surface area contributed by atoms with Gasteiger partial charge >= 0.3 is 0 Å². The van der Waals surface area contributed by atoms with E-state index < -0.39 is 0 Å². The average molecular weight is 574 g/mol. The second kappa shape index (κ2) is 11.2. The Bertz CT molecular complexity index is 1420. The molecular formula is C32H39N5O3S. The summed E-state index contributed by atoms with van der Waals surface area (Å²) >= 11 is 1.60. The van der Waals surface area contributed by atoms with Crippen LogP contribution in [0.3, 0.4) is 0 Å². The number of amides is 2. The van der Waals surface area contributed by atoms with Gasteiger partial charge < -0.3 is 15.0 Å². The Kier molecular flexibility index (Phi) is 7.59. The molecule has 1 spiro atoms. The van der Waals surface area contributed by atoms with Crippen molar-refractivity contribution in [1.29, 1.82) is 0 Å². The lowest BCUT2D eigenvalue weighted by atomic mass is 9.60. The Morgan fingerprint density at radius 3 is 2.49 bits per heavy atom. The maximum absolute atomic E-state index is 13.2. The van der Waals surface area contributed by atoms with Crippen LogP contribution in [0.1, 0.15) is 80.2 Å². The van der Waals surface area contributed by atoms with Gasteiger partial charge in [-0.1, -0.05) is 31.3 Å². The molecule has 216 valence electrons. The first-order valence-corrected chi connectivity index (χ1v) is 15.6. The van der Waals surface area contributed by atoms with Crippen molar-refractivity contribution >= 4 is 23.2 Å². The zero-order valence-electron chi connectivity index (χ0n) is 24.4. The fourth-order valence-corrected chi connectivity index (χ4v) is 7.02. The van der Waals surface area contributed by atoms with Gasteiger partial charge in [0.15, 0.2) is 0 Å². The topological polar surface area (TPSA) is 87.7 Å². The van der Waals surface area contributed by atoms with Gasteiger partial charge in [-0.25, -0.2) is 0 Å². The molecule has 9 heteroatoms. The zero-order chi connectivity index (χ0) is 28.7. The fraction of sp³-hybridized carbons (Fsp3) is 0.500. The van der Waals surface area contributed by atoms with E-state index in [0.29, 0.717) is 47.4 Å². The highest BCUT2D eigenvalue weighted by atomic mass is 32.1. The van der Waals surface area contributed by atoms with E-state index in [9.17, 15) is 9.59 Å². The highest BCUT2D eigenvalue weighted by Crippen LogP contribution is 2.49. The molecule has 3 heterocycles. The maximum Gasteiger partial charge on any atom is 0.251 e. The molecule has 2 amide bonds. The molecular weight excluding hydrogens is 534 g/mol. The third-order valence-electron chi connectivity index (χ3n) is 8.63. The smallest absolute Gasteiger partial charge is 0.251 e. The number of likely N-dealkylation sites (tertiary alicyclic amines) is 2. The summed E-state index contributed by atoms with van der Waals surface area (Å²) < 4.78 is 6.36. The monoisotopic (exact) mass is 573 g/mol. The summed E-state index contributed by atoms with van der Waals surface area (Å²) in [5, 5.41) is 13.8. The molecule has 3 aromatic rings. The zero-order valence-corrected chi connectivity index (χ0v) is 25.2. The number of carbonyl (C=O) groups is 2. The van der Waals surface area contributed by atoms with Crippen LogP contribution in [0.25, 0.3) is 10.6 Å². The van der Waals surface area contributed by atoms with Crippen LogP contribution < -0.4 is 10.1 Å². The number of rotatable bonds is 9. The van der Waals surface area contributed by atoms with Crippen molar-refractivity contribution in [1.82, 2.24) is 25.3 Å². The number of ether oxygens (including phenoxy) is 1. The van der Waals surface area contributed by atoms with E-state index in [1.807, 2.05) is 47.4 Å². The first-order valence-electron chi connectivity index (χ1n) is 14.8. The van der Waals surface area contributed by atoms with Crippen LogP contribution in [0.4, 0.5) is 0 Å². The van der Waals surface area contributed by atoms with Crippen molar-refractivity contribution < 1.29 is 14.3 Å². The Morgan fingerprint density at radius 2 is 1.85 bits per heavy atom. The molecule has 1 aromatic heterocycles. The molecule has 3 fully saturated rings. The molecule has 0 atom stereocenters. The van der Waals surface area contributed by atoms with Crippen LogP contribution in [0, 0.1) is 5.41 Å². The molecule has 1 saturated carbocycles. The summed E-state index contributed by atoms with van der Waals surface area (Å²) in [6.45, 7) is 12.2. The first kappa shape index (κ1) is 27.8. The standard InChI is InChI=1S/C32H39N5O3S/c1-20(2)30-34-35-31(41-30)22-9-11-26(12-10-22)40-27-14-23(7-8-24(27)17-36-13-5-6-28(36)38)29(39)33-25-15-32(16-25)18-37(19-32)21(3)4/h7-12,14,20-21,25H,5-6,13,15-19H2,1-4H3,(H,33,39). The maximum atomic E-state index is 13.2. The molecule has 1 N–H and O–H groups in total. The van der Waals surface area contributed by atoms with E-state index in [1.54, 1.807) is 11.3 Å². The lowest BCUT2D eigenvalue weighted by Crippen LogP contribution is -2.67. The van der Waals surface area contributed by atoms with Crippen LogP contribution in [0.15, 0.2) is 42.5 Å². The van der Waals surface area contributed by atoms with Crippen LogP contribution in [-0.2, 0) is 11.3 Å². The van der Waals surface area contributed by atoms with Gasteiger partial charge in [0.05, 0.1) is 0 Å². The average Bonchev–Trinajstić information content (AvgIpc) is 3.55. The number of hydrogen-bond donors (Lipinski definition) is 1. The summed E-state index contributed by atoms with van der Waals surface area (Å²) in [6, 6.07) is 14.2. The van der Waals surface area contributed by atoms with Crippen molar-refractivity contribution in [2.75, 3.05) is 19.6 Å². The second-order valence-electron chi connectivity index (χ2n) is 12.5. The Balaban J connectivity index is 1.16. The normalized spacial score (nSPS) is 18.7. The minimum absolute atomic E-state index is 0.0777. The van der Waals surface area contributed by atoms with Gasteiger partial charge in [0.2, 0.25) is 5.91 Å². The van der Waals surface area contributed by atoms with Crippen LogP contribution in [-0.4, -0.2) is 63.5 Å². The van der Waals surface area contributed by atoms with E-state index >= 15 is 0 Å². The van der Waals surface area contributed by atoms with Crippen molar-refractivity contribution in [3.8, 4) is 22.1 Å². The van der Waals surface area contributed by atoms with Crippen LogP contribution in [0.2, 0.25) is 0 Å². The second-order valence-corrected chi connectivity index (χ2v) is 13.6. The van der Waals surface area contributed by atoms with E-state index in [1.165, 1.54) is 0 Å². The molecule has 2 aromatic carbocycles. The van der Waals surface area contributed by atoms with E-state index in [4.69, 9.17) is 4.74 Å². The number of aromatic nitrogens is 2. The number of hydrogen-bond acceptors (Lipinski definition) is 7. The summed E-state index contributed by atoms with van der Waals surface area (Å²) in [7, 11) is 0. The fourth-order valence-electron chi connectivity index (χ4n) is 6.17. The predicted molar refractivity (Wildman–Crippen MR) is 160 cm³/mol. The Morgan fingerprint density at radius 1 is 1.10 bits per heavy atom. The van der Waals surface area contributed by atoms with E-state index in [0.717, 1.165) is 60.0 Å². The Hall–Kier alpha value is -3.30. The predicted octanol–water partition coefficient (Wildman–Crippen LogP) is 5.85. The molecule has 1 aliphatic carbocycles. The van der Waals surface area contributed by atoms with Crippen molar-refractivity contribution in [2.45, 2.75) is 77.9 Å². The van der Waals surface area contributed by atoms with Crippen LogP contribution >= 0.6 is 11.3 Å². The number of benzene rings is 2. The number of nitrogens with zero attached hydrogens (tertiary/aromatic N) is 4. The third kappa shape index (κ3) is 5.88. The molecule has 6 rings (SSSR count). The van der Waals surface area contributed by atoms with E-state index in [2.05, 4.69) is 48.1 Å². The quantitative estimate of drug-likeness (QED) is 0.346. The first-order chi connectivity index (χ1) is 19.7. The summed E-state index contributed by atoms with van der Waals surface area (Å²) in [5.41, 5.74) is 2.83. The van der Waals surface area contributed by atoms with Crippen LogP contribution in [0.5, 0.6) is 11.5 Å². The van der Waals surface area contributed by atoms with E-state index in [-0.39, 0.29) is 17.9 Å². The molecule has 0 radical (unpaired) electrons. The largest absolute Gasteiger partial charge is 0.457 e. The minimum Gasteiger partial charge on any atom is -0.457 e. The van der Waals surface area contributed by atoms with Gasteiger partial charge in [0.1, 0.15) is 21.5 Å². The van der Waals surface area contributed by atoms with Gasteiger partial charge in [-0.2, -0.15) is 0 Å². The SMILES string of the molecule is CC(C)c1nnc(-c2ccc(Oc3cc(C(=O)NC4CC5(C4)CN(C(C)C)C5)ccc3CN3CCCC3=O)cc2)s1. The Labute approximate surface area is 246 Å². The van der Waals surface area contributed by atoms with Gasteiger partial charge in [0, 0.05) is 67.3 Å². The lowest BCUT2D eigenvalue weighted by molar-refractivity contribution is -0.128. The number of carbonyl (C=O) groups excluding carboxylic acids is 2. The van der Waals surface area contributed by atoms with Gasteiger partial charge in [-0.3, -0.25) is 14.5 Å². The number of nitrogens with one attached hydrogen (secondary N) is 1. The molecule has 3 aliphatic rings. The molecule has 2 saturated heterocycles. The van der Waals surface area contributed by atoms with Gasteiger partial charge in [0.25, 0.3) is 5.91 Å². The molecule has 2 aliphatic heterocycles. The molecule has 0 unspecified atom stereocenters. The van der Waals surface area contributed by atoms with Crippen molar-refractivity contribution in [2.24, 2.45) is 5.41 Å². The highest BCUT2D eigenvalue weighted by molar-refractivity contribution is 7.14. The van der Waals surface area contributed by atoms with Gasteiger partial charge in [-0.05, 0) is 74.9 Å². The minimum atomic E-state index is -0.0777. The summed E-state index contributed by atoms with van der Waals surface area (Å²) in [4.78, 5) is 30.0. The lowest BCUT2D eigenvalue weighted by Gasteiger charge is -2.60. The summed E-state index contributed by atoms with van der Waals surface area (Å²) in [5.74, 6) is 1.68. The van der Waals surface area contributed by atoms with Crippen molar-refractivity contribution in [3.63, 3.8) is 0 Å². The highest BCUT2D eigenvalue weighted by Gasteiger charge is 2.52. The molecule has 41 heavy (non-hydrogen) atoms. The van der Waals surface area contributed by atoms with Crippen molar-refractivity contribution in [3.05, 3.63) is 58.6 Å². The molecule has 8 nitrogen and oxygen atoms in total. The molecule has 0 bridgehead atoms. The third-order valence-corrected chi connectivity index (χ3v) is 9.90. The summed E-state index contributed by atoms with van der Waals surface area (Å²) in [6.07, 6.45) is 3.54. The van der Waals surface area contributed by atoms with Gasteiger partial charge in [-0.15, -0.1) is 10.2 Å².